The molecule has 1 heterocycles. The van der Waals surface area contributed by atoms with Gasteiger partial charge in [-0.2, -0.15) is 0 Å². The van der Waals surface area contributed by atoms with Crippen LogP contribution in [0.5, 0.6) is 0 Å². The van der Waals surface area contributed by atoms with Gasteiger partial charge in [0.1, 0.15) is 0 Å². The maximum absolute atomic E-state index is 4.56. The molecule has 21 heavy (non-hydrogen) atoms. The highest BCUT2D eigenvalue weighted by molar-refractivity contribution is 6.11. The molecule has 2 atom stereocenters. The summed E-state index contributed by atoms with van der Waals surface area (Å²) in [6.07, 6.45) is 6.10. The number of allylic oxidation sites excluding steroid dienone is 1. The van der Waals surface area contributed by atoms with Crippen LogP contribution in [0.3, 0.4) is 0 Å². The zero-order valence-electron chi connectivity index (χ0n) is 13.2. The molecule has 2 rings (SSSR count). The van der Waals surface area contributed by atoms with Crippen molar-refractivity contribution in [1.29, 1.82) is 0 Å². The van der Waals surface area contributed by atoms with Crippen LogP contribution in [-0.4, -0.2) is 25.1 Å². The van der Waals surface area contributed by atoms with Crippen LogP contribution in [0.2, 0.25) is 0 Å². The summed E-state index contributed by atoms with van der Waals surface area (Å²) in [7, 11) is 1.78. The number of nitrogens with zero attached hydrogens (tertiary/aromatic N) is 2. The largest absolute Gasteiger partial charge is 0.344 e. The maximum atomic E-state index is 4.56. The van der Waals surface area contributed by atoms with Crippen molar-refractivity contribution in [3.05, 3.63) is 42.0 Å². The van der Waals surface area contributed by atoms with Gasteiger partial charge in [-0.15, -0.1) is 0 Å². The molecule has 2 unspecified atom stereocenters. The van der Waals surface area contributed by atoms with Crippen molar-refractivity contribution in [1.82, 2.24) is 0 Å². The molecule has 1 aliphatic heterocycles. The van der Waals surface area contributed by atoms with Crippen LogP contribution in [0, 0.1) is 5.92 Å². The lowest BCUT2D eigenvalue weighted by molar-refractivity contribution is 0.583. The fraction of sp³-hybridized carbons (Fsp3) is 0.333. The van der Waals surface area contributed by atoms with E-state index in [0.29, 0.717) is 12.0 Å². The summed E-state index contributed by atoms with van der Waals surface area (Å²) in [5.41, 5.74) is 4.42. The van der Waals surface area contributed by atoms with Gasteiger partial charge in [-0.3, -0.25) is 9.98 Å². The summed E-state index contributed by atoms with van der Waals surface area (Å²) < 4.78 is 0. The van der Waals surface area contributed by atoms with Gasteiger partial charge in [-0.25, -0.2) is 0 Å². The Morgan fingerprint density at radius 2 is 2.14 bits per heavy atom. The highest BCUT2D eigenvalue weighted by Gasteiger charge is 2.14. The number of amidine groups is 1. The quantitative estimate of drug-likeness (QED) is 0.651. The van der Waals surface area contributed by atoms with Crippen molar-refractivity contribution in [2.24, 2.45) is 15.9 Å². The molecule has 0 amide bonds. The maximum Gasteiger partial charge on any atom is 0.0972 e. The molecule has 110 valence electrons. The van der Waals surface area contributed by atoms with E-state index in [1.807, 2.05) is 19.2 Å². The highest BCUT2D eigenvalue weighted by atomic mass is 15.0. The summed E-state index contributed by atoms with van der Waals surface area (Å²) in [5.74, 6) is 1.34. The second-order valence-electron chi connectivity index (χ2n) is 5.44. The van der Waals surface area contributed by atoms with Crippen LogP contribution in [0.15, 0.2) is 40.8 Å². The lowest BCUT2D eigenvalue weighted by Gasteiger charge is -2.19. The minimum absolute atomic E-state index is 0.355. The van der Waals surface area contributed by atoms with Crippen molar-refractivity contribution >= 4 is 29.4 Å². The number of hydrogen-bond donors (Lipinski definition) is 1. The normalized spacial score (nSPS) is 21.9. The summed E-state index contributed by atoms with van der Waals surface area (Å²) in [4.78, 5) is 8.71. The predicted octanol–water partition coefficient (Wildman–Crippen LogP) is 4.28. The highest BCUT2D eigenvalue weighted by Crippen LogP contribution is 2.27. The van der Waals surface area contributed by atoms with Crippen LogP contribution < -0.4 is 5.32 Å². The second kappa shape index (κ2) is 6.53. The van der Waals surface area contributed by atoms with Gasteiger partial charge in [0.25, 0.3) is 0 Å². The molecule has 0 saturated carbocycles. The van der Waals surface area contributed by atoms with E-state index < -0.39 is 0 Å². The SMILES string of the molecule is C=Cc1ccc(C2=CC(C)C(C)N=C2)cc1NC(C)=NC. The third-order valence-corrected chi connectivity index (χ3v) is 3.91. The van der Waals surface area contributed by atoms with Crippen LogP contribution in [0.25, 0.3) is 11.6 Å². The number of nitrogens with one attached hydrogen (secondary N) is 1. The second-order valence-corrected chi connectivity index (χ2v) is 5.44. The van der Waals surface area contributed by atoms with Crippen molar-refractivity contribution in [2.75, 3.05) is 12.4 Å². The predicted molar refractivity (Wildman–Crippen MR) is 94.3 cm³/mol. The van der Waals surface area contributed by atoms with E-state index in [0.717, 1.165) is 22.6 Å². The van der Waals surface area contributed by atoms with Crippen LogP contribution in [0.1, 0.15) is 31.9 Å². The minimum Gasteiger partial charge on any atom is -0.344 e. The molecule has 0 saturated heterocycles. The molecular weight excluding hydrogens is 258 g/mol. The zero-order valence-corrected chi connectivity index (χ0v) is 13.2. The van der Waals surface area contributed by atoms with Gasteiger partial charge >= 0.3 is 0 Å². The number of anilines is 1. The van der Waals surface area contributed by atoms with Crippen molar-refractivity contribution in [2.45, 2.75) is 26.8 Å². The molecule has 1 aliphatic rings. The molecular formula is C18H23N3. The topological polar surface area (TPSA) is 36.8 Å². The van der Waals surface area contributed by atoms with Gasteiger partial charge in [0.05, 0.1) is 11.9 Å². The molecule has 3 heteroatoms. The summed E-state index contributed by atoms with van der Waals surface area (Å²) in [5, 5.41) is 3.32. The Balaban J connectivity index is 2.38. The van der Waals surface area contributed by atoms with E-state index in [-0.39, 0.29) is 0 Å². The minimum atomic E-state index is 0.355. The first-order chi connectivity index (χ1) is 10.0. The Morgan fingerprint density at radius 3 is 2.76 bits per heavy atom. The molecule has 3 nitrogen and oxygen atoms in total. The number of rotatable bonds is 3. The van der Waals surface area contributed by atoms with Gasteiger partial charge in [-0.1, -0.05) is 37.8 Å². The Labute approximate surface area is 127 Å². The van der Waals surface area contributed by atoms with Gasteiger partial charge < -0.3 is 5.32 Å². The first-order valence-corrected chi connectivity index (χ1v) is 7.27. The average molecular weight is 281 g/mol. The van der Waals surface area contributed by atoms with Gasteiger partial charge in [0.15, 0.2) is 0 Å². The third kappa shape index (κ3) is 3.48. The number of dihydropyridines is 1. The monoisotopic (exact) mass is 281 g/mol. The standard InChI is InChI=1S/C18H23N3/c1-6-15-7-8-16(10-18(15)21-14(4)19-5)17-9-12(2)13(3)20-11-17/h6-13H,1H2,2-5H3,(H,19,21). The van der Waals surface area contributed by atoms with Gasteiger partial charge in [-0.05, 0) is 42.5 Å². The fourth-order valence-electron chi connectivity index (χ4n) is 2.24. The molecule has 0 spiro atoms. The molecule has 0 aliphatic carbocycles. The summed E-state index contributed by atoms with van der Waals surface area (Å²) >= 11 is 0. The summed E-state index contributed by atoms with van der Waals surface area (Å²) in [6, 6.07) is 6.67. The van der Waals surface area contributed by atoms with Crippen molar-refractivity contribution in [3.8, 4) is 0 Å². The van der Waals surface area contributed by atoms with E-state index in [2.05, 4.69) is 60.0 Å². The van der Waals surface area contributed by atoms with Crippen LogP contribution in [0.4, 0.5) is 5.69 Å². The molecule has 0 bridgehead atoms. The molecule has 0 aromatic heterocycles. The zero-order chi connectivity index (χ0) is 15.4. The summed E-state index contributed by atoms with van der Waals surface area (Å²) in [6.45, 7) is 10.2. The molecule has 0 radical (unpaired) electrons. The average Bonchev–Trinajstić information content (AvgIpc) is 2.49. The van der Waals surface area contributed by atoms with E-state index in [4.69, 9.17) is 0 Å². The van der Waals surface area contributed by atoms with Crippen LogP contribution >= 0.6 is 0 Å². The molecule has 1 aromatic rings. The smallest absolute Gasteiger partial charge is 0.0972 e. The lowest BCUT2D eigenvalue weighted by atomic mass is 9.93. The number of aliphatic imine (C=N–C) groups is 2. The Bertz CT molecular complexity index is 623. The van der Waals surface area contributed by atoms with E-state index in [9.17, 15) is 0 Å². The van der Waals surface area contributed by atoms with Gasteiger partial charge in [0.2, 0.25) is 0 Å². The lowest BCUT2D eigenvalue weighted by Crippen LogP contribution is -2.14. The molecule has 1 aromatic carbocycles. The number of benzene rings is 1. The first-order valence-electron chi connectivity index (χ1n) is 7.27. The van der Waals surface area contributed by atoms with E-state index >= 15 is 0 Å². The van der Waals surface area contributed by atoms with Crippen LogP contribution in [-0.2, 0) is 0 Å². The Hall–Kier alpha value is -2.16. The Kier molecular flexibility index (Phi) is 4.73. The Morgan fingerprint density at radius 1 is 1.38 bits per heavy atom. The van der Waals surface area contributed by atoms with Gasteiger partial charge in [0, 0.05) is 18.9 Å². The third-order valence-electron chi connectivity index (χ3n) is 3.91. The molecule has 1 N–H and O–H groups in total. The van der Waals surface area contributed by atoms with Crippen molar-refractivity contribution < 1.29 is 0 Å². The fourth-order valence-corrected chi connectivity index (χ4v) is 2.24. The van der Waals surface area contributed by atoms with Crippen molar-refractivity contribution in [3.63, 3.8) is 0 Å². The number of hydrogen-bond acceptors (Lipinski definition) is 2. The van der Waals surface area contributed by atoms with E-state index in [1.54, 1.807) is 7.05 Å². The molecule has 0 fully saturated rings. The van der Waals surface area contributed by atoms with E-state index in [1.165, 1.54) is 5.57 Å². The first kappa shape index (κ1) is 15.2.